The van der Waals surface area contributed by atoms with Crippen molar-refractivity contribution in [3.8, 4) is 0 Å². The van der Waals surface area contributed by atoms with Crippen LogP contribution in [-0.2, 0) is 21.4 Å². The molecule has 1 atom stereocenters. The van der Waals surface area contributed by atoms with E-state index in [4.69, 9.17) is 11.6 Å². The van der Waals surface area contributed by atoms with Crippen molar-refractivity contribution in [2.75, 3.05) is 25.9 Å². The van der Waals surface area contributed by atoms with E-state index >= 15 is 0 Å². The third-order valence-electron chi connectivity index (χ3n) is 4.68. The minimum atomic E-state index is -3.42. The molecule has 1 aromatic carbocycles. The van der Waals surface area contributed by atoms with Crippen LogP contribution in [0.15, 0.2) is 42.6 Å². The fourth-order valence-corrected chi connectivity index (χ4v) is 4.29. The summed E-state index contributed by atoms with van der Waals surface area (Å²) in [6.07, 6.45) is 3.12. The standard InChI is InChI=1S/C18H22ClN3O3S/c1-3-21(26(2,24)25)13-17(23)22-12-11-20-10-4-5-16(20)18(22)14-6-8-15(19)9-7-14/h4-10,18H,3,11-13H2,1-2H3. The lowest BCUT2D eigenvalue weighted by atomic mass is 10.00. The summed E-state index contributed by atoms with van der Waals surface area (Å²) in [5.74, 6) is -0.204. The van der Waals surface area contributed by atoms with Crippen LogP contribution in [0.3, 0.4) is 0 Å². The number of halogens is 1. The van der Waals surface area contributed by atoms with Gasteiger partial charge in [0.15, 0.2) is 0 Å². The summed E-state index contributed by atoms with van der Waals surface area (Å²) < 4.78 is 27.0. The molecule has 0 N–H and O–H groups in total. The van der Waals surface area contributed by atoms with Gasteiger partial charge in [0.05, 0.1) is 18.8 Å². The molecule has 2 heterocycles. The number of carbonyl (C=O) groups excluding carboxylic acids is 1. The molecule has 3 rings (SSSR count). The Morgan fingerprint density at radius 2 is 1.92 bits per heavy atom. The molecule has 0 bridgehead atoms. The van der Waals surface area contributed by atoms with Crippen molar-refractivity contribution in [1.29, 1.82) is 0 Å². The van der Waals surface area contributed by atoms with Crippen molar-refractivity contribution in [2.45, 2.75) is 19.5 Å². The summed E-state index contributed by atoms with van der Waals surface area (Å²) >= 11 is 6.01. The molecule has 1 aliphatic heterocycles. The van der Waals surface area contributed by atoms with Crippen LogP contribution >= 0.6 is 11.6 Å². The molecule has 0 saturated carbocycles. The lowest BCUT2D eigenvalue weighted by Crippen LogP contribution is -2.47. The minimum absolute atomic E-state index is 0.153. The molecule has 0 saturated heterocycles. The van der Waals surface area contributed by atoms with Gasteiger partial charge in [0.2, 0.25) is 15.9 Å². The maximum absolute atomic E-state index is 13.0. The fourth-order valence-electron chi connectivity index (χ4n) is 3.35. The van der Waals surface area contributed by atoms with Gasteiger partial charge in [-0.2, -0.15) is 4.31 Å². The van der Waals surface area contributed by atoms with Gasteiger partial charge >= 0.3 is 0 Å². The summed E-state index contributed by atoms with van der Waals surface area (Å²) in [5.41, 5.74) is 1.96. The number of amides is 1. The van der Waals surface area contributed by atoms with E-state index in [1.165, 1.54) is 4.31 Å². The highest BCUT2D eigenvalue weighted by molar-refractivity contribution is 7.88. The van der Waals surface area contributed by atoms with Crippen molar-refractivity contribution in [3.63, 3.8) is 0 Å². The van der Waals surface area contributed by atoms with Crippen molar-refractivity contribution in [2.24, 2.45) is 0 Å². The Hall–Kier alpha value is -1.83. The summed E-state index contributed by atoms with van der Waals surface area (Å²) in [4.78, 5) is 14.7. The summed E-state index contributed by atoms with van der Waals surface area (Å²) in [5, 5.41) is 0.632. The van der Waals surface area contributed by atoms with E-state index in [9.17, 15) is 13.2 Å². The Bertz CT molecular complexity index is 893. The monoisotopic (exact) mass is 395 g/mol. The topological polar surface area (TPSA) is 62.6 Å². The molecule has 0 fully saturated rings. The molecule has 6 nitrogen and oxygen atoms in total. The zero-order chi connectivity index (χ0) is 18.9. The number of fused-ring (bicyclic) bond motifs is 1. The number of aromatic nitrogens is 1. The van der Waals surface area contributed by atoms with Crippen molar-refractivity contribution in [3.05, 3.63) is 58.9 Å². The zero-order valence-corrected chi connectivity index (χ0v) is 16.4. The molecule has 26 heavy (non-hydrogen) atoms. The molecular formula is C18H22ClN3O3S. The van der Waals surface area contributed by atoms with Gasteiger partial charge in [-0.25, -0.2) is 8.42 Å². The van der Waals surface area contributed by atoms with Crippen LogP contribution in [0.5, 0.6) is 0 Å². The summed E-state index contributed by atoms with van der Waals surface area (Å²) in [6.45, 7) is 3.05. The van der Waals surface area contributed by atoms with Crippen molar-refractivity contribution < 1.29 is 13.2 Å². The molecule has 1 amide bonds. The summed E-state index contributed by atoms with van der Waals surface area (Å²) in [6, 6.07) is 11.1. The first kappa shape index (κ1) is 18.9. The molecule has 1 aliphatic rings. The van der Waals surface area contributed by atoms with E-state index in [-0.39, 0.29) is 25.0 Å². The highest BCUT2D eigenvalue weighted by Crippen LogP contribution is 2.33. The highest BCUT2D eigenvalue weighted by atomic mass is 35.5. The third kappa shape index (κ3) is 3.79. The quantitative estimate of drug-likeness (QED) is 0.780. The summed E-state index contributed by atoms with van der Waals surface area (Å²) in [7, 11) is -3.42. The van der Waals surface area contributed by atoms with Crippen LogP contribution in [0.25, 0.3) is 0 Å². The van der Waals surface area contributed by atoms with Crippen molar-refractivity contribution in [1.82, 2.24) is 13.8 Å². The smallest absolute Gasteiger partial charge is 0.238 e. The first-order chi connectivity index (χ1) is 12.3. The number of nitrogens with zero attached hydrogens (tertiary/aromatic N) is 3. The second-order valence-electron chi connectivity index (χ2n) is 6.36. The van der Waals surface area contributed by atoms with Crippen LogP contribution in [-0.4, -0.2) is 54.0 Å². The lowest BCUT2D eigenvalue weighted by molar-refractivity contribution is -0.134. The molecule has 140 valence electrons. The molecule has 0 aliphatic carbocycles. The number of carbonyl (C=O) groups is 1. The van der Waals surface area contributed by atoms with Crippen molar-refractivity contribution >= 4 is 27.5 Å². The molecule has 0 radical (unpaired) electrons. The van der Waals surface area contributed by atoms with Gasteiger partial charge in [-0.1, -0.05) is 30.7 Å². The number of rotatable bonds is 5. The van der Waals surface area contributed by atoms with Crippen LogP contribution in [0.1, 0.15) is 24.2 Å². The zero-order valence-electron chi connectivity index (χ0n) is 14.8. The van der Waals surface area contributed by atoms with Gasteiger partial charge in [0.1, 0.15) is 0 Å². The van der Waals surface area contributed by atoms with Gasteiger partial charge in [-0.3, -0.25) is 4.79 Å². The van der Waals surface area contributed by atoms with Gasteiger partial charge in [0, 0.05) is 36.5 Å². The highest BCUT2D eigenvalue weighted by Gasteiger charge is 2.33. The number of hydrogen-bond donors (Lipinski definition) is 0. The lowest BCUT2D eigenvalue weighted by Gasteiger charge is -2.38. The fraction of sp³-hybridized carbons (Fsp3) is 0.389. The van der Waals surface area contributed by atoms with E-state index < -0.39 is 10.0 Å². The van der Waals surface area contributed by atoms with E-state index in [1.54, 1.807) is 24.0 Å². The maximum atomic E-state index is 13.0. The van der Waals surface area contributed by atoms with E-state index in [2.05, 4.69) is 4.57 Å². The second-order valence-corrected chi connectivity index (χ2v) is 8.78. The third-order valence-corrected chi connectivity index (χ3v) is 6.26. The van der Waals surface area contributed by atoms with Crippen LogP contribution in [0.4, 0.5) is 0 Å². The SMILES string of the molecule is CCN(CC(=O)N1CCn2cccc2C1c1ccc(Cl)cc1)S(C)(=O)=O. The van der Waals surface area contributed by atoms with Crippen LogP contribution in [0.2, 0.25) is 5.02 Å². The number of hydrogen-bond acceptors (Lipinski definition) is 3. The Morgan fingerprint density at radius 1 is 1.23 bits per heavy atom. The minimum Gasteiger partial charge on any atom is -0.348 e. The van der Waals surface area contributed by atoms with Gasteiger partial charge in [-0.15, -0.1) is 0 Å². The molecule has 1 aromatic heterocycles. The van der Waals surface area contributed by atoms with Gasteiger partial charge in [-0.05, 0) is 29.8 Å². The Kier molecular flexibility index (Phi) is 5.41. The van der Waals surface area contributed by atoms with E-state index in [1.807, 2.05) is 30.5 Å². The van der Waals surface area contributed by atoms with Crippen LogP contribution in [0, 0.1) is 0 Å². The van der Waals surface area contributed by atoms with E-state index in [0.29, 0.717) is 18.1 Å². The average molecular weight is 396 g/mol. The first-order valence-corrected chi connectivity index (χ1v) is 10.7. The van der Waals surface area contributed by atoms with Gasteiger partial charge in [0.25, 0.3) is 0 Å². The molecule has 8 heteroatoms. The number of benzene rings is 1. The second kappa shape index (κ2) is 7.42. The van der Waals surface area contributed by atoms with Crippen LogP contribution < -0.4 is 0 Å². The first-order valence-electron chi connectivity index (χ1n) is 8.46. The Labute approximate surface area is 159 Å². The number of sulfonamides is 1. The Balaban J connectivity index is 1.94. The normalized spacial score (nSPS) is 17.4. The van der Waals surface area contributed by atoms with Gasteiger partial charge < -0.3 is 9.47 Å². The largest absolute Gasteiger partial charge is 0.348 e. The Morgan fingerprint density at radius 3 is 2.54 bits per heavy atom. The predicted molar refractivity (Wildman–Crippen MR) is 102 cm³/mol. The van der Waals surface area contributed by atoms with E-state index in [0.717, 1.165) is 17.5 Å². The predicted octanol–water partition coefficient (Wildman–Crippen LogP) is 2.35. The molecule has 1 unspecified atom stereocenters. The molecular weight excluding hydrogens is 374 g/mol. The number of likely N-dealkylation sites (N-methyl/N-ethyl adjacent to an activating group) is 1. The molecule has 0 spiro atoms. The maximum Gasteiger partial charge on any atom is 0.238 e. The molecule has 2 aromatic rings. The average Bonchev–Trinajstić information content (AvgIpc) is 3.07.